The van der Waals surface area contributed by atoms with Crippen LogP contribution in [0.5, 0.6) is 5.75 Å². The van der Waals surface area contributed by atoms with Gasteiger partial charge in [0.2, 0.25) is 5.75 Å². The van der Waals surface area contributed by atoms with Gasteiger partial charge in [-0.05, 0) is 41.1 Å². The molecule has 0 fully saturated rings. The average molecular weight is 336 g/mol. The van der Waals surface area contributed by atoms with Crippen molar-refractivity contribution in [2.24, 2.45) is 0 Å². The summed E-state index contributed by atoms with van der Waals surface area (Å²) in [5.74, 6) is -0.974. The van der Waals surface area contributed by atoms with Crippen LogP contribution in [0.15, 0.2) is 36.4 Å². The molecule has 23 heavy (non-hydrogen) atoms. The van der Waals surface area contributed by atoms with E-state index >= 15 is 0 Å². The third-order valence-corrected chi connectivity index (χ3v) is 3.29. The van der Waals surface area contributed by atoms with Gasteiger partial charge in [0, 0.05) is 6.92 Å². The molecule has 0 saturated carbocycles. The summed E-state index contributed by atoms with van der Waals surface area (Å²) in [6, 6.07) is 9.72. The number of hydrogen-bond acceptors (Lipinski definition) is 5. The van der Waals surface area contributed by atoms with Crippen molar-refractivity contribution in [2.75, 3.05) is 5.32 Å². The van der Waals surface area contributed by atoms with Crippen LogP contribution in [0, 0.1) is 17.0 Å². The Kier molecular flexibility index (Phi) is 5.13. The minimum atomic E-state index is -0.963. The molecule has 120 valence electrons. The Bertz CT molecular complexity index is 751. The van der Waals surface area contributed by atoms with Gasteiger partial charge in [-0.25, -0.2) is 0 Å². The second-order valence-corrected chi connectivity index (χ2v) is 5.17. The molecule has 0 aliphatic rings. The molecule has 8 heteroatoms. The molecule has 0 unspecified atom stereocenters. The number of amides is 1. The van der Waals surface area contributed by atoms with E-state index in [1.165, 1.54) is 13.0 Å². The molecule has 0 spiro atoms. The maximum Gasteiger partial charge on any atom is 0.406 e. The van der Waals surface area contributed by atoms with Crippen LogP contribution < -0.4 is 10.1 Å². The van der Waals surface area contributed by atoms with Crippen molar-refractivity contribution in [2.45, 2.75) is 20.0 Å². The normalized spacial score (nSPS) is 11.6. The first kappa shape index (κ1) is 16.7. The summed E-state index contributed by atoms with van der Waals surface area (Å²) >= 11 is 5.96. The van der Waals surface area contributed by atoms with Crippen molar-refractivity contribution in [3.8, 4) is 5.75 Å². The molecular weight excluding hydrogens is 322 g/mol. The number of rotatable bonds is 5. The van der Waals surface area contributed by atoms with Gasteiger partial charge in [-0.2, -0.15) is 0 Å². The highest BCUT2D eigenvalue weighted by Gasteiger charge is 2.23. The minimum Gasteiger partial charge on any atom is -0.473 e. The van der Waals surface area contributed by atoms with Gasteiger partial charge in [-0.15, -0.1) is 0 Å². The number of benzene rings is 1. The number of ether oxygens (including phenoxy) is 1. The molecule has 1 heterocycles. The number of pyridine rings is 1. The van der Waals surface area contributed by atoms with Gasteiger partial charge in [0.1, 0.15) is 5.69 Å². The van der Waals surface area contributed by atoms with Gasteiger partial charge in [0.25, 0.3) is 5.91 Å². The van der Waals surface area contributed by atoms with Crippen LogP contribution in [0.4, 0.5) is 11.5 Å². The minimum absolute atomic E-state index is 0.0672. The highest BCUT2D eigenvalue weighted by Crippen LogP contribution is 2.26. The fraction of sp³-hybridized carbons (Fsp3) is 0.200. The molecule has 0 saturated heterocycles. The van der Waals surface area contributed by atoms with Crippen molar-refractivity contribution in [1.82, 2.24) is 4.98 Å². The number of carbonyl (C=O) groups excluding carboxylic acids is 1. The average Bonchev–Trinajstić information content (AvgIpc) is 2.51. The fourth-order valence-electron chi connectivity index (χ4n) is 1.79. The molecule has 1 aromatic heterocycles. The topological polar surface area (TPSA) is 94.4 Å². The van der Waals surface area contributed by atoms with E-state index in [4.69, 9.17) is 16.3 Å². The van der Waals surface area contributed by atoms with Crippen molar-refractivity contribution < 1.29 is 14.5 Å². The van der Waals surface area contributed by atoms with E-state index in [9.17, 15) is 14.9 Å². The highest BCUT2D eigenvalue weighted by atomic mass is 35.5. The van der Waals surface area contributed by atoms with E-state index < -0.39 is 22.8 Å². The zero-order valence-corrected chi connectivity index (χ0v) is 13.2. The Morgan fingerprint density at radius 3 is 2.70 bits per heavy atom. The summed E-state index contributed by atoms with van der Waals surface area (Å²) in [6.45, 7) is 3.11. The molecule has 0 aliphatic carbocycles. The lowest BCUT2D eigenvalue weighted by molar-refractivity contribution is -0.390. The van der Waals surface area contributed by atoms with E-state index in [2.05, 4.69) is 10.3 Å². The summed E-state index contributed by atoms with van der Waals surface area (Å²) in [4.78, 5) is 26.3. The first-order chi connectivity index (χ1) is 10.9. The number of nitro groups is 1. The standard InChI is InChI=1S/C15H14ClN3O4/c1-9-7-8-13(14(17-9)19(21)22)23-10(2)15(20)18-12-6-4-3-5-11(12)16/h3-8,10H,1-2H3,(H,18,20)/t10-/m1/s1. The van der Waals surface area contributed by atoms with E-state index in [0.29, 0.717) is 16.4 Å². The lowest BCUT2D eigenvalue weighted by Crippen LogP contribution is -2.30. The molecule has 0 aliphatic heterocycles. The molecule has 1 atom stereocenters. The van der Waals surface area contributed by atoms with Gasteiger partial charge in [-0.1, -0.05) is 23.7 Å². The monoisotopic (exact) mass is 335 g/mol. The predicted octanol–water partition coefficient (Wildman–Crippen LogP) is 3.36. The Morgan fingerprint density at radius 1 is 1.35 bits per heavy atom. The molecule has 1 amide bonds. The zero-order chi connectivity index (χ0) is 17.0. The van der Waals surface area contributed by atoms with Crippen molar-refractivity contribution >= 4 is 29.0 Å². The third-order valence-electron chi connectivity index (χ3n) is 2.96. The summed E-state index contributed by atoms with van der Waals surface area (Å²) < 4.78 is 5.38. The molecule has 2 rings (SSSR count). The molecular formula is C15H14ClN3O4. The first-order valence-electron chi connectivity index (χ1n) is 6.72. The van der Waals surface area contributed by atoms with Crippen molar-refractivity contribution in [3.05, 3.63) is 57.2 Å². The number of nitrogens with one attached hydrogen (secondary N) is 1. The summed E-state index contributed by atoms with van der Waals surface area (Å²) in [5.41, 5.74) is 0.920. The second-order valence-electron chi connectivity index (χ2n) is 4.76. The quantitative estimate of drug-likeness (QED) is 0.667. The third kappa shape index (κ3) is 4.17. The van der Waals surface area contributed by atoms with Crippen LogP contribution in [0.25, 0.3) is 0 Å². The number of nitrogens with zero attached hydrogens (tertiary/aromatic N) is 2. The number of para-hydroxylation sites is 1. The van der Waals surface area contributed by atoms with E-state index in [-0.39, 0.29) is 5.75 Å². The Balaban J connectivity index is 2.13. The number of aryl methyl sites for hydroxylation is 1. The van der Waals surface area contributed by atoms with Gasteiger partial charge < -0.3 is 20.2 Å². The smallest absolute Gasteiger partial charge is 0.406 e. The molecule has 0 bridgehead atoms. The summed E-state index contributed by atoms with van der Waals surface area (Å²) in [6.07, 6.45) is -0.963. The SMILES string of the molecule is Cc1ccc(O[C@H](C)C(=O)Nc2ccccc2Cl)c([N+](=O)[O-])n1. The van der Waals surface area contributed by atoms with E-state index in [1.54, 1.807) is 37.3 Å². The molecule has 2 aromatic rings. The largest absolute Gasteiger partial charge is 0.473 e. The lowest BCUT2D eigenvalue weighted by atomic mass is 10.3. The fourth-order valence-corrected chi connectivity index (χ4v) is 1.98. The van der Waals surface area contributed by atoms with Gasteiger partial charge >= 0.3 is 5.82 Å². The summed E-state index contributed by atoms with van der Waals surface area (Å²) in [5, 5.41) is 14.0. The second kappa shape index (κ2) is 7.06. The van der Waals surface area contributed by atoms with E-state index in [1.807, 2.05) is 0 Å². The lowest BCUT2D eigenvalue weighted by Gasteiger charge is -2.15. The van der Waals surface area contributed by atoms with Gasteiger partial charge in [0.15, 0.2) is 6.10 Å². The molecule has 0 radical (unpaired) electrons. The Hall–Kier alpha value is -2.67. The number of aromatic nitrogens is 1. The van der Waals surface area contributed by atoms with Crippen molar-refractivity contribution in [3.63, 3.8) is 0 Å². The molecule has 1 aromatic carbocycles. The zero-order valence-electron chi connectivity index (χ0n) is 12.4. The van der Waals surface area contributed by atoms with E-state index in [0.717, 1.165) is 0 Å². The molecule has 7 nitrogen and oxygen atoms in total. The first-order valence-corrected chi connectivity index (χ1v) is 7.10. The number of anilines is 1. The predicted molar refractivity (Wildman–Crippen MR) is 85.8 cm³/mol. The van der Waals surface area contributed by atoms with Gasteiger partial charge in [-0.3, -0.25) is 4.79 Å². The van der Waals surface area contributed by atoms with Crippen LogP contribution in [0.1, 0.15) is 12.6 Å². The van der Waals surface area contributed by atoms with Crippen molar-refractivity contribution in [1.29, 1.82) is 0 Å². The van der Waals surface area contributed by atoms with Crippen LogP contribution in [-0.2, 0) is 4.79 Å². The van der Waals surface area contributed by atoms with Crippen LogP contribution in [0.2, 0.25) is 5.02 Å². The maximum absolute atomic E-state index is 12.1. The highest BCUT2D eigenvalue weighted by molar-refractivity contribution is 6.33. The number of carbonyl (C=O) groups is 1. The molecule has 1 N–H and O–H groups in total. The number of halogens is 1. The van der Waals surface area contributed by atoms with Crippen LogP contribution >= 0.6 is 11.6 Å². The number of hydrogen-bond donors (Lipinski definition) is 1. The summed E-state index contributed by atoms with van der Waals surface area (Å²) in [7, 11) is 0. The van der Waals surface area contributed by atoms with Crippen LogP contribution in [-0.4, -0.2) is 21.9 Å². The maximum atomic E-state index is 12.1. The van der Waals surface area contributed by atoms with Gasteiger partial charge in [0.05, 0.1) is 10.7 Å². The Labute approximate surface area is 137 Å². The Morgan fingerprint density at radius 2 is 2.04 bits per heavy atom. The van der Waals surface area contributed by atoms with Crippen LogP contribution in [0.3, 0.4) is 0 Å².